The number of hydrogen-bond acceptors (Lipinski definition) is 3. The van der Waals surface area contributed by atoms with Gasteiger partial charge in [-0.05, 0) is 31.2 Å². The molecule has 0 saturated carbocycles. The normalized spacial score (nSPS) is 21.1. The topological polar surface area (TPSA) is 41.6 Å². The van der Waals surface area contributed by atoms with Crippen LogP contribution in [-0.2, 0) is 0 Å². The Balaban J connectivity index is 2.27. The number of nitrogens with zero attached hydrogens (tertiary/aromatic N) is 2. The largest absolute Gasteiger partial charge is 0.386 e. The van der Waals surface area contributed by atoms with Crippen LogP contribution in [0.4, 0.5) is 5.69 Å². The van der Waals surface area contributed by atoms with E-state index in [1.54, 1.807) is 0 Å². The van der Waals surface area contributed by atoms with Crippen LogP contribution in [0.1, 0.15) is 13.3 Å². The Labute approximate surface area is 88.2 Å². The second-order valence-corrected chi connectivity index (χ2v) is 3.90. The molecule has 0 aliphatic carbocycles. The maximum atomic E-state index is 5.80. The molecule has 1 aromatic carbocycles. The van der Waals surface area contributed by atoms with Gasteiger partial charge in [0, 0.05) is 11.4 Å². The first kappa shape index (κ1) is 9.34. The average Bonchev–Trinajstić information content (AvgIpc) is 2.47. The maximum absolute atomic E-state index is 5.80. The lowest BCUT2D eigenvalue weighted by molar-refractivity contribution is 0.723. The molecule has 1 aromatic rings. The van der Waals surface area contributed by atoms with E-state index < -0.39 is 0 Å². The van der Waals surface area contributed by atoms with Crippen molar-refractivity contribution in [3.05, 3.63) is 29.3 Å². The van der Waals surface area contributed by atoms with Crippen molar-refractivity contribution < 1.29 is 0 Å². The predicted octanol–water partition coefficient (Wildman–Crippen LogP) is 2.21. The number of anilines is 1. The number of rotatable bonds is 1. The lowest BCUT2D eigenvalue weighted by Crippen LogP contribution is -2.22. The zero-order valence-electron chi connectivity index (χ0n) is 7.94. The van der Waals surface area contributed by atoms with Gasteiger partial charge in [-0.3, -0.25) is 5.01 Å². The van der Waals surface area contributed by atoms with Crippen LogP contribution in [-0.4, -0.2) is 11.9 Å². The smallest absolute Gasteiger partial charge is 0.122 e. The van der Waals surface area contributed by atoms with Gasteiger partial charge in [0.15, 0.2) is 0 Å². The summed E-state index contributed by atoms with van der Waals surface area (Å²) >= 11 is 5.80. The number of nitrogens with two attached hydrogens (primary N) is 1. The summed E-state index contributed by atoms with van der Waals surface area (Å²) in [5.41, 5.74) is 6.70. The van der Waals surface area contributed by atoms with Crippen molar-refractivity contribution in [3.63, 3.8) is 0 Å². The lowest BCUT2D eigenvalue weighted by Gasteiger charge is -2.19. The highest BCUT2D eigenvalue weighted by Crippen LogP contribution is 2.24. The van der Waals surface area contributed by atoms with E-state index in [9.17, 15) is 0 Å². The van der Waals surface area contributed by atoms with Crippen LogP contribution < -0.4 is 10.7 Å². The molecule has 0 amide bonds. The molecule has 1 aliphatic rings. The number of hydrogen-bond donors (Lipinski definition) is 1. The molecular weight excluding hydrogens is 198 g/mol. The van der Waals surface area contributed by atoms with Crippen LogP contribution in [0.25, 0.3) is 0 Å². The van der Waals surface area contributed by atoms with Crippen LogP contribution in [0.2, 0.25) is 5.02 Å². The van der Waals surface area contributed by atoms with Crippen LogP contribution in [0, 0.1) is 0 Å². The second-order valence-electron chi connectivity index (χ2n) is 3.47. The van der Waals surface area contributed by atoms with E-state index in [1.165, 1.54) is 0 Å². The zero-order valence-corrected chi connectivity index (χ0v) is 8.70. The molecule has 0 radical (unpaired) electrons. The predicted molar refractivity (Wildman–Crippen MR) is 59.6 cm³/mol. The van der Waals surface area contributed by atoms with E-state index in [0.29, 0.717) is 11.9 Å². The molecule has 0 spiro atoms. The molecular formula is C10H12ClN3. The van der Waals surface area contributed by atoms with Crippen molar-refractivity contribution in [2.24, 2.45) is 10.8 Å². The molecule has 2 N–H and O–H groups in total. The molecule has 1 atom stereocenters. The molecule has 0 unspecified atom stereocenters. The fraction of sp³-hybridized carbons (Fsp3) is 0.300. The van der Waals surface area contributed by atoms with Gasteiger partial charge < -0.3 is 5.73 Å². The Bertz CT molecular complexity index is 358. The van der Waals surface area contributed by atoms with Gasteiger partial charge >= 0.3 is 0 Å². The highest BCUT2D eigenvalue weighted by molar-refractivity contribution is 6.30. The highest BCUT2D eigenvalue weighted by Gasteiger charge is 2.21. The first-order valence-corrected chi connectivity index (χ1v) is 4.92. The Morgan fingerprint density at radius 3 is 2.57 bits per heavy atom. The van der Waals surface area contributed by atoms with E-state index in [1.807, 2.05) is 29.3 Å². The minimum atomic E-state index is 0.330. The quantitative estimate of drug-likeness (QED) is 0.771. The molecule has 0 fully saturated rings. The standard InChI is InChI=1S/C10H12ClN3/c1-7-6-10(12)13-14(7)9-4-2-8(11)3-5-9/h2-5,7H,6H2,1H3,(H2,12,13)/t7-/m1/s1. The summed E-state index contributed by atoms with van der Waals surface area (Å²) in [6.07, 6.45) is 0.822. The van der Waals surface area contributed by atoms with E-state index in [2.05, 4.69) is 12.0 Å². The number of hydrazone groups is 1. The van der Waals surface area contributed by atoms with Crippen LogP contribution in [0.3, 0.4) is 0 Å². The molecule has 14 heavy (non-hydrogen) atoms. The van der Waals surface area contributed by atoms with Crippen molar-refractivity contribution >= 4 is 23.1 Å². The van der Waals surface area contributed by atoms with Crippen molar-refractivity contribution in [2.45, 2.75) is 19.4 Å². The van der Waals surface area contributed by atoms with E-state index in [-0.39, 0.29) is 0 Å². The van der Waals surface area contributed by atoms with Gasteiger partial charge in [-0.2, -0.15) is 5.10 Å². The van der Waals surface area contributed by atoms with Gasteiger partial charge in [-0.25, -0.2) is 0 Å². The monoisotopic (exact) mass is 209 g/mol. The fourth-order valence-corrected chi connectivity index (χ4v) is 1.70. The van der Waals surface area contributed by atoms with Gasteiger partial charge in [-0.1, -0.05) is 11.6 Å². The Morgan fingerprint density at radius 1 is 1.43 bits per heavy atom. The van der Waals surface area contributed by atoms with Crippen LogP contribution >= 0.6 is 11.6 Å². The Kier molecular flexibility index (Phi) is 2.33. The van der Waals surface area contributed by atoms with Gasteiger partial charge in [-0.15, -0.1) is 0 Å². The minimum absolute atomic E-state index is 0.330. The Hall–Kier alpha value is -1.22. The zero-order chi connectivity index (χ0) is 10.1. The summed E-state index contributed by atoms with van der Waals surface area (Å²) in [6, 6.07) is 7.93. The summed E-state index contributed by atoms with van der Waals surface area (Å²) in [4.78, 5) is 0. The molecule has 0 aromatic heterocycles. The maximum Gasteiger partial charge on any atom is 0.122 e. The molecule has 4 heteroatoms. The van der Waals surface area contributed by atoms with E-state index in [0.717, 1.165) is 17.1 Å². The van der Waals surface area contributed by atoms with Gasteiger partial charge in [0.2, 0.25) is 0 Å². The first-order chi connectivity index (χ1) is 6.66. The van der Waals surface area contributed by atoms with E-state index in [4.69, 9.17) is 17.3 Å². The van der Waals surface area contributed by atoms with Crippen molar-refractivity contribution in [3.8, 4) is 0 Å². The average molecular weight is 210 g/mol. The Morgan fingerprint density at radius 2 is 2.07 bits per heavy atom. The van der Waals surface area contributed by atoms with Gasteiger partial charge in [0.25, 0.3) is 0 Å². The van der Waals surface area contributed by atoms with Crippen molar-refractivity contribution in [1.29, 1.82) is 0 Å². The SMILES string of the molecule is C[C@@H]1CC(N)=NN1c1ccc(Cl)cc1. The first-order valence-electron chi connectivity index (χ1n) is 4.54. The van der Waals surface area contributed by atoms with Gasteiger partial charge in [0.05, 0.1) is 11.7 Å². The molecule has 1 aliphatic heterocycles. The molecule has 1 heterocycles. The molecule has 0 saturated heterocycles. The van der Waals surface area contributed by atoms with Gasteiger partial charge in [0.1, 0.15) is 5.84 Å². The van der Waals surface area contributed by atoms with Crippen LogP contribution in [0.5, 0.6) is 0 Å². The third kappa shape index (κ3) is 1.68. The fourth-order valence-electron chi connectivity index (χ4n) is 1.57. The number of benzene rings is 1. The summed E-state index contributed by atoms with van der Waals surface area (Å²) in [5, 5.41) is 6.91. The molecule has 3 nitrogen and oxygen atoms in total. The van der Waals surface area contributed by atoms with Crippen LogP contribution in [0.15, 0.2) is 29.4 Å². The molecule has 74 valence electrons. The minimum Gasteiger partial charge on any atom is -0.386 e. The lowest BCUT2D eigenvalue weighted by atomic mass is 10.2. The van der Waals surface area contributed by atoms with Crippen molar-refractivity contribution in [2.75, 3.05) is 5.01 Å². The third-order valence-electron chi connectivity index (χ3n) is 2.25. The van der Waals surface area contributed by atoms with Crippen molar-refractivity contribution in [1.82, 2.24) is 0 Å². The number of amidine groups is 1. The summed E-state index contributed by atoms with van der Waals surface area (Å²) in [5.74, 6) is 0.687. The summed E-state index contributed by atoms with van der Waals surface area (Å²) < 4.78 is 0. The molecule has 2 rings (SSSR count). The summed E-state index contributed by atoms with van der Waals surface area (Å²) in [7, 11) is 0. The summed E-state index contributed by atoms with van der Waals surface area (Å²) in [6.45, 7) is 2.10. The highest BCUT2D eigenvalue weighted by atomic mass is 35.5. The van der Waals surface area contributed by atoms with E-state index >= 15 is 0 Å². The third-order valence-corrected chi connectivity index (χ3v) is 2.50. The molecule has 0 bridgehead atoms. The second kappa shape index (κ2) is 3.50. The number of halogens is 1.